The summed E-state index contributed by atoms with van der Waals surface area (Å²) in [7, 11) is 0. The molecule has 2 aliphatic heterocycles. The van der Waals surface area contributed by atoms with E-state index in [1.54, 1.807) is 15.9 Å². The van der Waals surface area contributed by atoms with Crippen LogP contribution >= 0.6 is 0 Å². The van der Waals surface area contributed by atoms with Crippen LogP contribution in [0.15, 0.2) is 16.9 Å². The molecule has 0 spiro atoms. The lowest BCUT2D eigenvalue weighted by atomic mass is 9.92. The smallest absolute Gasteiger partial charge is 0.410 e. The van der Waals surface area contributed by atoms with Gasteiger partial charge < -0.3 is 9.64 Å². The van der Waals surface area contributed by atoms with Crippen LogP contribution in [0.5, 0.6) is 0 Å². The first kappa shape index (κ1) is 15.5. The summed E-state index contributed by atoms with van der Waals surface area (Å²) < 4.78 is 5.17. The Labute approximate surface area is 133 Å². The average Bonchev–Trinajstić information content (AvgIpc) is 2.91. The summed E-state index contributed by atoms with van der Waals surface area (Å²) in [5, 5.41) is 6.27. The normalized spacial score (nSPS) is 23.6. The molecule has 1 unspecified atom stereocenters. The number of aromatic amines is 1. The van der Waals surface area contributed by atoms with Crippen molar-refractivity contribution in [3.8, 4) is 0 Å². The standard InChI is InChI=1S/C15H20N4O4/c1-2-15-9-18(7-8-19(15)14(22)23-10-15)13(21)6-4-11-3-5-12(20)17-16-11/h3,5H,2,4,6-10H2,1H3,(H,17,20). The van der Waals surface area contributed by atoms with Crippen LogP contribution in [0.4, 0.5) is 4.79 Å². The Morgan fingerprint density at radius 3 is 2.91 bits per heavy atom. The Morgan fingerprint density at radius 1 is 1.39 bits per heavy atom. The minimum atomic E-state index is -0.388. The maximum atomic E-state index is 12.4. The molecule has 2 aliphatic rings. The highest BCUT2D eigenvalue weighted by Crippen LogP contribution is 2.31. The van der Waals surface area contributed by atoms with E-state index in [2.05, 4.69) is 10.2 Å². The number of nitrogens with zero attached hydrogens (tertiary/aromatic N) is 3. The van der Waals surface area contributed by atoms with E-state index in [1.807, 2.05) is 6.92 Å². The maximum Gasteiger partial charge on any atom is 0.410 e. The largest absolute Gasteiger partial charge is 0.447 e. The first-order valence-corrected chi connectivity index (χ1v) is 7.81. The molecule has 8 heteroatoms. The SMILES string of the molecule is CCC12COC(=O)N1CCN(C(=O)CCc1ccc(=O)[nH]n1)C2. The number of H-pyrrole nitrogens is 1. The van der Waals surface area contributed by atoms with Crippen molar-refractivity contribution in [1.82, 2.24) is 20.0 Å². The highest BCUT2D eigenvalue weighted by atomic mass is 16.6. The van der Waals surface area contributed by atoms with Crippen LogP contribution in [0.2, 0.25) is 0 Å². The predicted octanol–water partition coefficient (Wildman–Crippen LogP) is 0.146. The van der Waals surface area contributed by atoms with Crippen molar-refractivity contribution in [1.29, 1.82) is 0 Å². The lowest BCUT2D eigenvalue weighted by Gasteiger charge is -2.44. The summed E-state index contributed by atoms with van der Waals surface area (Å²) >= 11 is 0. The van der Waals surface area contributed by atoms with Gasteiger partial charge in [0.1, 0.15) is 6.61 Å². The van der Waals surface area contributed by atoms with Crippen LogP contribution in [0, 0.1) is 0 Å². The number of aryl methyl sites for hydroxylation is 1. The summed E-state index contributed by atoms with van der Waals surface area (Å²) in [6.45, 7) is 3.89. The fourth-order valence-corrected chi connectivity index (χ4v) is 3.18. The molecule has 1 atom stereocenters. The van der Waals surface area contributed by atoms with Crippen LogP contribution in [0.25, 0.3) is 0 Å². The molecule has 1 aromatic rings. The fraction of sp³-hybridized carbons (Fsp3) is 0.600. The van der Waals surface area contributed by atoms with Gasteiger partial charge in [-0.25, -0.2) is 9.89 Å². The number of hydrogen-bond donors (Lipinski definition) is 1. The number of rotatable bonds is 4. The number of ether oxygens (including phenoxy) is 1. The fourth-order valence-electron chi connectivity index (χ4n) is 3.18. The van der Waals surface area contributed by atoms with Crippen LogP contribution in [0.1, 0.15) is 25.5 Å². The van der Waals surface area contributed by atoms with Crippen molar-refractivity contribution in [2.45, 2.75) is 31.7 Å². The quantitative estimate of drug-likeness (QED) is 0.852. The lowest BCUT2D eigenvalue weighted by Crippen LogP contribution is -2.62. The monoisotopic (exact) mass is 320 g/mol. The van der Waals surface area contributed by atoms with Crippen molar-refractivity contribution in [3.63, 3.8) is 0 Å². The van der Waals surface area contributed by atoms with Gasteiger partial charge in [0, 0.05) is 38.5 Å². The van der Waals surface area contributed by atoms with E-state index in [9.17, 15) is 14.4 Å². The number of nitrogens with one attached hydrogen (secondary N) is 1. The molecule has 0 saturated carbocycles. The molecular weight excluding hydrogens is 300 g/mol. The van der Waals surface area contributed by atoms with Gasteiger partial charge in [-0.3, -0.25) is 14.5 Å². The van der Waals surface area contributed by atoms with Crippen molar-refractivity contribution < 1.29 is 14.3 Å². The minimum Gasteiger partial charge on any atom is -0.447 e. The van der Waals surface area contributed by atoms with Crippen LogP contribution < -0.4 is 5.56 Å². The molecule has 0 aromatic carbocycles. The number of carbonyl (C=O) groups excluding carboxylic acids is 2. The molecule has 2 saturated heterocycles. The maximum absolute atomic E-state index is 12.4. The Morgan fingerprint density at radius 2 is 2.22 bits per heavy atom. The zero-order chi connectivity index (χ0) is 16.4. The highest BCUT2D eigenvalue weighted by Gasteiger charge is 2.50. The topological polar surface area (TPSA) is 95.6 Å². The van der Waals surface area contributed by atoms with Gasteiger partial charge in [-0.2, -0.15) is 5.10 Å². The molecule has 0 bridgehead atoms. The van der Waals surface area contributed by atoms with Crippen LogP contribution in [-0.4, -0.2) is 63.8 Å². The number of cyclic esters (lactones) is 1. The van der Waals surface area contributed by atoms with E-state index in [4.69, 9.17) is 4.74 Å². The average molecular weight is 320 g/mol. The second kappa shape index (κ2) is 6.02. The van der Waals surface area contributed by atoms with Gasteiger partial charge in [0.25, 0.3) is 5.56 Å². The Balaban J connectivity index is 1.61. The zero-order valence-electron chi connectivity index (χ0n) is 13.1. The molecule has 23 heavy (non-hydrogen) atoms. The van der Waals surface area contributed by atoms with Crippen molar-refractivity contribution in [2.75, 3.05) is 26.2 Å². The molecule has 0 radical (unpaired) electrons. The molecule has 0 aliphatic carbocycles. The number of hydrogen-bond acceptors (Lipinski definition) is 5. The van der Waals surface area contributed by atoms with E-state index < -0.39 is 0 Å². The second-order valence-electron chi connectivity index (χ2n) is 6.01. The number of fused-ring (bicyclic) bond motifs is 1. The predicted molar refractivity (Wildman–Crippen MR) is 80.8 cm³/mol. The summed E-state index contributed by atoms with van der Waals surface area (Å²) in [5.74, 6) is 0.0322. The molecule has 1 N–H and O–H groups in total. The number of aromatic nitrogens is 2. The third-order valence-corrected chi connectivity index (χ3v) is 4.68. The van der Waals surface area contributed by atoms with Gasteiger partial charge in [-0.1, -0.05) is 6.92 Å². The zero-order valence-corrected chi connectivity index (χ0v) is 13.1. The Hall–Kier alpha value is -2.38. The first-order valence-electron chi connectivity index (χ1n) is 7.81. The summed E-state index contributed by atoms with van der Waals surface area (Å²) in [5.41, 5.74) is 0.0365. The van der Waals surface area contributed by atoms with Crippen LogP contribution in [0.3, 0.4) is 0 Å². The molecule has 1 aromatic heterocycles. The summed E-state index contributed by atoms with van der Waals surface area (Å²) in [6.07, 6.45) is 1.28. The van der Waals surface area contributed by atoms with E-state index in [0.717, 1.165) is 6.42 Å². The molecule has 124 valence electrons. The van der Waals surface area contributed by atoms with E-state index in [0.29, 0.717) is 44.8 Å². The molecule has 3 heterocycles. The highest BCUT2D eigenvalue weighted by molar-refractivity contribution is 5.78. The summed E-state index contributed by atoms with van der Waals surface area (Å²) in [6, 6.07) is 3.03. The third kappa shape index (κ3) is 2.93. The molecule has 8 nitrogen and oxygen atoms in total. The van der Waals surface area contributed by atoms with Gasteiger partial charge >= 0.3 is 6.09 Å². The summed E-state index contributed by atoms with van der Waals surface area (Å²) in [4.78, 5) is 38.7. The number of piperazine rings is 1. The Kier molecular flexibility index (Phi) is 4.06. The van der Waals surface area contributed by atoms with E-state index in [-0.39, 0.29) is 23.1 Å². The van der Waals surface area contributed by atoms with Gasteiger partial charge in [0.05, 0.1) is 11.2 Å². The lowest BCUT2D eigenvalue weighted by molar-refractivity contribution is -0.135. The molecule has 2 amide bonds. The van der Waals surface area contributed by atoms with Crippen molar-refractivity contribution in [2.24, 2.45) is 0 Å². The van der Waals surface area contributed by atoms with Crippen molar-refractivity contribution in [3.05, 3.63) is 28.2 Å². The van der Waals surface area contributed by atoms with Crippen LogP contribution in [-0.2, 0) is 16.0 Å². The molecule has 2 fully saturated rings. The third-order valence-electron chi connectivity index (χ3n) is 4.68. The van der Waals surface area contributed by atoms with Gasteiger partial charge in [-0.05, 0) is 12.5 Å². The first-order chi connectivity index (χ1) is 11.0. The van der Waals surface area contributed by atoms with E-state index >= 15 is 0 Å². The Bertz CT molecular complexity index is 653. The number of amides is 2. The minimum absolute atomic E-state index is 0.0322. The molecular formula is C15H20N4O4. The van der Waals surface area contributed by atoms with E-state index in [1.165, 1.54) is 6.07 Å². The molecule has 3 rings (SSSR count). The second-order valence-corrected chi connectivity index (χ2v) is 6.01. The van der Waals surface area contributed by atoms with Gasteiger partial charge in [-0.15, -0.1) is 0 Å². The van der Waals surface area contributed by atoms with Gasteiger partial charge in [0.15, 0.2) is 0 Å². The number of carbonyl (C=O) groups is 2. The van der Waals surface area contributed by atoms with Crippen molar-refractivity contribution >= 4 is 12.0 Å². The van der Waals surface area contributed by atoms with Gasteiger partial charge in [0.2, 0.25) is 5.91 Å².